The molecule has 82 valence electrons. The number of ether oxygens (including phenoxy) is 1. The van der Waals surface area contributed by atoms with Gasteiger partial charge in [-0.3, -0.25) is 0 Å². The number of hydrogen-bond donors (Lipinski definition) is 1. The summed E-state index contributed by atoms with van der Waals surface area (Å²) in [6, 6.07) is 1.81. The Hall–Kier alpha value is -0.870. The van der Waals surface area contributed by atoms with Gasteiger partial charge < -0.3 is 10.1 Å². The van der Waals surface area contributed by atoms with E-state index in [9.17, 15) is 0 Å². The summed E-state index contributed by atoms with van der Waals surface area (Å²) in [6.07, 6.45) is 2.78. The van der Waals surface area contributed by atoms with Crippen molar-refractivity contribution < 1.29 is 4.74 Å². The summed E-state index contributed by atoms with van der Waals surface area (Å²) < 4.78 is 5.53. The quantitative estimate of drug-likeness (QED) is 0.787. The number of rotatable bonds is 2. The number of hydrogen-bond acceptors (Lipinski definition) is 4. The van der Waals surface area contributed by atoms with E-state index in [1.807, 2.05) is 6.07 Å². The number of halogens is 1. The minimum Gasteiger partial charge on any atom is -0.376 e. The second kappa shape index (κ2) is 3.94. The third-order valence-electron chi connectivity index (χ3n) is 2.93. The van der Waals surface area contributed by atoms with Crippen LogP contribution in [0.15, 0.2) is 12.3 Å². The van der Waals surface area contributed by atoms with Crippen molar-refractivity contribution in [3.8, 4) is 0 Å². The first kappa shape index (κ1) is 10.6. The van der Waals surface area contributed by atoms with E-state index in [0.29, 0.717) is 0 Å². The van der Waals surface area contributed by atoms with Crippen LogP contribution in [0, 0.1) is 0 Å². The van der Waals surface area contributed by atoms with Crippen LogP contribution in [-0.2, 0) is 4.74 Å². The van der Waals surface area contributed by atoms with Crippen molar-refractivity contribution >= 4 is 17.4 Å². The molecule has 1 N–H and O–H groups in total. The fourth-order valence-electron chi connectivity index (χ4n) is 1.70. The normalized spacial score (nSPS) is 30.5. The first-order valence-corrected chi connectivity index (χ1v) is 5.36. The fraction of sp³-hybridized carbons (Fsp3) is 0.600. The van der Waals surface area contributed by atoms with Crippen LogP contribution in [-0.4, -0.2) is 28.2 Å². The molecule has 1 aromatic heterocycles. The predicted octanol–water partition coefficient (Wildman–Crippen LogP) is 2.11. The summed E-state index contributed by atoms with van der Waals surface area (Å²) in [4.78, 5) is 7.94. The molecular weight excluding hydrogens is 214 g/mol. The molecule has 0 bridgehead atoms. The maximum Gasteiger partial charge on any atom is 0.224 e. The van der Waals surface area contributed by atoms with Gasteiger partial charge in [0.1, 0.15) is 5.82 Å². The predicted molar refractivity (Wildman–Crippen MR) is 59.1 cm³/mol. The van der Waals surface area contributed by atoms with Crippen LogP contribution in [0.1, 0.15) is 20.3 Å². The van der Waals surface area contributed by atoms with E-state index >= 15 is 0 Å². The van der Waals surface area contributed by atoms with Gasteiger partial charge in [-0.2, -0.15) is 0 Å². The van der Waals surface area contributed by atoms with Crippen LogP contribution in [0.4, 0.5) is 5.82 Å². The topological polar surface area (TPSA) is 47.0 Å². The van der Waals surface area contributed by atoms with Gasteiger partial charge in [-0.25, -0.2) is 9.97 Å². The van der Waals surface area contributed by atoms with Gasteiger partial charge in [0.25, 0.3) is 0 Å². The Labute approximate surface area is 94.0 Å². The molecule has 2 rings (SSSR count). The second-order valence-corrected chi connectivity index (χ2v) is 4.35. The van der Waals surface area contributed by atoms with Crippen molar-refractivity contribution in [3.05, 3.63) is 17.5 Å². The molecule has 0 amide bonds. The van der Waals surface area contributed by atoms with Gasteiger partial charge in [0, 0.05) is 12.8 Å². The second-order valence-electron chi connectivity index (χ2n) is 4.02. The van der Waals surface area contributed by atoms with Crippen molar-refractivity contribution in [2.75, 3.05) is 11.9 Å². The highest BCUT2D eigenvalue weighted by molar-refractivity contribution is 6.28. The van der Waals surface area contributed by atoms with Gasteiger partial charge in [0.05, 0.1) is 11.6 Å². The Kier molecular flexibility index (Phi) is 2.80. The molecule has 1 aromatic rings. The minimum atomic E-state index is -0.0717. The Morgan fingerprint density at radius 1 is 1.67 bits per heavy atom. The van der Waals surface area contributed by atoms with Gasteiger partial charge in [0.15, 0.2) is 0 Å². The smallest absolute Gasteiger partial charge is 0.224 e. The molecule has 2 unspecified atom stereocenters. The summed E-state index contributed by atoms with van der Waals surface area (Å²) in [5.74, 6) is 0.745. The van der Waals surface area contributed by atoms with Crippen molar-refractivity contribution in [1.82, 2.24) is 9.97 Å². The van der Waals surface area contributed by atoms with E-state index in [1.54, 1.807) is 6.20 Å². The lowest BCUT2D eigenvalue weighted by molar-refractivity contribution is 0.105. The van der Waals surface area contributed by atoms with Crippen LogP contribution in [0.25, 0.3) is 0 Å². The Balaban J connectivity index is 2.14. The molecule has 2 atom stereocenters. The molecule has 1 aliphatic rings. The van der Waals surface area contributed by atoms with Crippen molar-refractivity contribution in [1.29, 1.82) is 0 Å². The maximum atomic E-state index is 5.72. The zero-order chi connectivity index (χ0) is 10.9. The Morgan fingerprint density at radius 2 is 2.47 bits per heavy atom. The van der Waals surface area contributed by atoms with Gasteiger partial charge in [-0.15, -0.1) is 0 Å². The lowest BCUT2D eigenvalue weighted by Crippen LogP contribution is -2.41. The lowest BCUT2D eigenvalue weighted by atomic mass is 9.95. The van der Waals surface area contributed by atoms with Gasteiger partial charge in [0.2, 0.25) is 5.28 Å². The fourth-order valence-corrected chi connectivity index (χ4v) is 1.84. The molecule has 0 spiro atoms. The van der Waals surface area contributed by atoms with Crippen molar-refractivity contribution in [2.24, 2.45) is 0 Å². The number of nitrogens with zero attached hydrogens (tertiary/aromatic N) is 2. The molecule has 1 fully saturated rings. The van der Waals surface area contributed by atoms with E-state index < -0.39 is 0 Å². The van der Waals surface area contributed by atoms with E-state index in [-0.39, 0.29) is 16.9 Å². The first-order valence-electron chi connectivity index (χ1n) is 4.98. The van der Waals surface area contributed by atoms with Crippen LogP contribution in [0.2, 0.25) is 5.28 Å². The Morgan fingerprint density at radius 3 is 3.07 bits per heavy atom. The third-order valence-corrected chi connectivity index (χ3v) is 3.11. The van der Waals surface area contributed by atoms with E-state index in [4.69, 9.17) is 16.3 Å². The SMILES string of the molecule is CC1OCCC1(C)Nc1ccnc(Cl)n1. The molecule has 4 nitrogen and oxygen atoms in total. The zero-order valence-corrected chi connectivity index (χ0v) is 9.58. The average molecular weight is 228 g/mol. The average Bonchev–Trinajstić information content (AvgIpc) is 2.47. The molecule has 0 aliphatic carbocycles. The maximum absolute atomic E-state index is 5.72. The third kappa shape index (κ3) is 2.21. The summed E-state index contributed by atoms with van der Waals surface area (Å²) in [6.45, 7) is 4.97. The van der Waals surface area contributed by atoms with Crippen LogP contribution in [0.5, 0.6) is 0 Å². The molecule has 5 heteroatoms. The highest BCUT2D eigenvalue weighted by atomic mass is 35.5. The van der Waals surface area contributed by atoms with Crippen LogP contribution in [0.3, 0.4) is 0 Å². The largest absolute Gasteiger partial charge is 0.376 e. The number of anilines is 1. The van der Waals surface area contributed by atoms with Crippen LogP contribution >= 0.6 is 11.6 Å². The van der Waals surface area contributed by atoms with E-state index in [0.717, 1.165) is 18.8 Å². The first-order chi connectivity index (χ1) is 7.10. The number of nitrogens with one attached hydrogen (secondary N) is 1. The highest BCUT2D eigenvalue weighted by Gasteiger charge is 2.37. The molecule has 2 heterocycles. The molecule has 1 aliphatic heterocycles. The molecular formula is C10H14ClN3O. The number of aromatic nitrogens is 2. The van der Waals surface area contributed by atoms with Gasteiger partial charge in [-0.05, 0) is 37.9 Å². The molecule has 0 aromatic carbocycles. The van der Waals surface area contributed by atoms with E-state index in [1.165, 1.54) is 0 Å². The molecule has 0 saturated carbocycles. The zero-order valence-electron chi connectivity index (χ0n) is 8.83. The lowest BCUT2D eigenvalue weighted by Gasteiger charge is -2.29. The molecule has 15 heavy (non-hydrogen) atoms. The molecule has 0 radical (unpaired) electrons. The summed E-state index contributed by atoms with van der Waals surface area (Å²) in [7, 11) is 0. The standard InChI is InChI=1S/C10H14ClN3O/c1-7-10(2,4-6-15-7)14-8-3-5-12-9(11)13-8/h3,5,7H,4,6H2,1-2H3,(H,12,13,14). The van der Waals surface area contributed by atoms with Crippen molar-refractivity contribution in [2.45, 2.75) is 31.9 Å². The summed E-state index contributed by atoms with van der Waals surface area (Å²) in [5, 5.41) is 3.61. The van der Waals surface area contributed by atoms with Gasteiger partial charge >= 0.3 is 0 Å². The highest BCUT2D eigenvalue weighted by Crippen LogP contribution is 2.28. The summed E-state index contributed by atoms with van der Waals surface area (Å²) >= 11 is 5.72. The van der Waals surface area contributed by atoms with Gasteiger partial charge in [-0.1, -0.05) is 0 Å². The van der Waals surface area contributed by atoms with E-state index in [2.05, 4.69) is 29.1 Å². The summed E-state index contributed by atoms with van der Waals surface area (Å²) in [5.41, 5.74) is -0.0717. The monoisotopic (exact) mass is 227 g/mol. The van der Waals surface area contributed by atoms with Crippen molar-refractivity contribution in [3.63, 3.8) is 0 Å². The minimum absolute atomic E-state index is 0.0717. The molecule has 1 saturated heterocycles. The van der Waals surface area contributed by atoms with Crippen LogP contribution < -0.4 is 5.32 Å². The Bertz CT molecular complexity index is 360.